The highest BCUT2D eigenvalue weighted by Gasteiger charge is 2.16. The third kappa shape index (κ3) is 2.93. The zero-order chi connectivity index (χ0) is 17.4. The molecule has 3 aromatic rings. The maximum atomic E-state index is 12.5. The highest BCUT2D eigenvalue weighted by Crippen LogP contribution is 2.27. The van der Waals surface area contributed by atoms with E-state index < -0.39 is 0 Å². The quantitative estimate of drug-likeness (QED) is 0.410. The summed E-state index contributed by atoms with van der Waals surface area (Å²) in [4.78, 5) is 29.4. The second kappa shape index (κ2) is 6.37. The number of Topliss-reactive ketones (excluding diaryl/α,β-unsaturated/α-hetero) is 1. The van der Waals surface area contributed by atoms with Gasteiger partial charge in [-0.1, -0.05) is 23.9 Å². The van der Waals surface area contributed by atoms with E-state index in [1.54, 1.807) is 19.2 Å². The van der Waals surface area contributed by atoms with Gasteiger partial charge in [-0.2, -0.15) is 0 Å². The number of thioether (sulfide) groups is 1. The first-order valence-corrected chi connectivity index (χ1v) is 8.99. The van der Waals surface area contributed by atoms with Crippen molar-refractivity contribution in [2.24, 2.45) is 7.05 Å². The standard InChI is InChI=1S/C19H16N2O3S/c1-21-18(23)14-4-2-3-5-15(14)20-19(21)25-11-16(22)12-6-7-17-13(10-12)8-9-24-17/h2-7,10H,8-9,11H2,1H3. The minimum absolute atomic E-state index is 0.0158. The first kappa shape index (κ1) is 15.9. The zero-order valence-corrected chi connectivity index (χ0v) is 14.5. The molecule has 1 aliphatic rings. The van der Waals surface area contributed by atoms with Gasteiger partial charge in [-0.15, -0.1) is 0 Å². The van der Waals surface area contributed by atoms with Crippen LogP contribution in [-0.4, -0.2) is 27.7 Å². The van der Waals surface area contributed by atoms with Gasteiger partial charge in [0.1, 0.15) is 5.75 Å². The van der Waals surface area contributed by atoms with Crippen LogP contribution in [0.3, 0.4) is 0 Å². The largest absolute Gasteiger partial charge is 0.493 e. The van der Waals surface area contributed by atoms with Crippen LogP contribution in [0.4, 0.5) is 0 Å². The van der Waals surface area contributed by atoms with E-state index in [0.717, 1.165) is 17.7 Å². The Kier molecular flexibility index (Phi) is 4.05. The summed E-state index contributed by atoms with van der Waals surface area (Å²) >= 11 is 1.28. The lowest BCUT2D eigenvalue weighted by molar-refractivity contribution is 0.102. The Labute approximate surface area is 148 Å². The van der Waals surface area contributed by atoms with Gasteiger partial charge in [-0.05, 0) is 35.9 Å². The van der Waals surface area contributed by atoms with Crippen LogP contribution in [0.1, 0.15) is 15.9 Å². The van der Waals surface area contributed by atoms with Gasteiger partial charge in [0.25, 0.3) is 5.56 Å². The number of fused-ring (bicyclic) bond motifs is 2. The van der Waals surface area contributed by atoms with Gasteiger partial charge in [0.2, 0.25) is 0 Å². The van der Waals surface area contributed by atoms with E-state index >= 15 is 0 Å². The third-order valence-corrected chi connectivity index (χ3v) is 5.32. The lowest BCUT2D eigenvalue weighted by atomic mass is 10.1. The predicted octanol–water partition coefficient (Wildman–Crippen LogP) is 2.84. The average Bonchev–Trinajstić information content (AvgIpc) is 3.11. The second-order valence-electron chi connectivity index (χ2n) is 5.91. The Morgan fingerprint density at radius 2 is 2.12 bits per heavy atom. The number of aromatic nitrogens is 2. The Morgan fingerprint density at radius 1 is 1.28 bits per heavy atom. The van der Waals surface area contributed by atoms with Crippen molar-refractivity contribution in [1.82, 2.24) is 9.55 Å². The molecule has 0 saturated heterocycles. The third-order valence-electron chi connectivity index (χ3n) is 4.29. The normalized spacial score (nSPS) is 12.8. The van der Waals surface area contributed by atoms with E-state index in [1.165, 1.54) is 16.3 Å². The number of ketones is 1. The summed E-state index contributed by atoms with van der Waals surface area (Å²) in [5.41, 5.74) is 2.29. The molecular weight excluding hydrogens is 336 g/mol. The SMILES string of the molecule is Cn1c(SCC(=O)c2ccc3c(c2)CCO3)nc2ccccc2c1=O. The van der Waals surface area contributed by atoms with Crippen molar-refractivity contribution in [2.45, 2.75) is 11.6 Å². The van der Waals surface area contributed by atoms with Crippen LogP contribution in [0.15, 0.2) is 52.4 Å². The van der Waals surface area contributed by atoms with Crippen molar-refractivity contribution in [2.75, 3.05) is 12.4 Å². The van der Waals surface area contributed by atoms with Crippen LogP contribution in [-0.2, 0) is 13.5 Å². The molecule has 5 nitrogen and oxygen atoms in total. The highest BCUT2D eigenvalue weighted by molar-refractivity contribution is 7.99. The predicted molar refractivity (Wildman–Crippen MR) is 97.7 cm³/mol. The minimum Gasteiger partial charge on any atom is -0.493 e. The molecule has 0 spiro atoms. The number of carbonyl (C=O) groups is 1. The van der Waals surface area contributed by atoms with E-state index in [9.17, 15) is 9.59 Å². The maximum Gasteiger partial charge on any atom is 0.261 e. The van der Waals surface area contributed by atoms with Gasteiger partial charge >= 0.3 is 0 Å². The highest BCUT2D eigenvalue weighted by atomic mass is 32.2. The Bertz CT molecular complexity index is 1040. The summed E-state index contributed by atoms with van der Waals surface area (Å²) in [7, 11) is 1.68. The van der Waals surface area contributed by atoms with E-state index in [4.69, 9.17) is 4.74 Å². The van der Waals surface area contributed by atoms with Crippen molar-refractivity contribution in [3.05, 3.63) is 63.9 Å². The Balaban J connectivity index is 1.57. The van der Waals surface area contributed by atoms with Crippen molar-refractivity contribution < 1.29 is 9.53 Å². The van der Waals surface area contributed by atoms with Gasteiger partial charge < -0.3 is 4.74 Å². The number of benzene rings is 2. The van der Waals surface area contributed by atoms with E-state index in [-0.39, 0.29) is 17.1 Å². The van der Waals surface area contributed by atoms with Crippen molar-refractivity contribution >= 4 is 28.4 Å². The molecule has 0 saturated carbocycles. The van der Waals surface area contributed by atoms with E-state index in [1.807, 2.05) is 30.3 Å². The molecule has 0 unspecified atom stereocenters. The molecule has 0 aliphatic carbocycles. The fourth-order valence-electron chi connectivity index (χ4n) is 2.90. The van der Waals surface area contributed by atoms with Crippen LogP contribution >= 0.6 is 11.8 Å². The lowest BCUT2D eigenvalue weighted by Crippen LogP contribution is -2.20. The number of rotatable bonds is 4. The molecule has 2 aromatic carbocycles. The van der Waals surface area contributed by atoms with Crippen LogP contribution in [0.25, 0.3) is 10.9 Å². The molecule has 1 aliphatic heterocycles. The molecule has 25 heavy (non-hydrogen) atoms. The number of ether oxygens (including phenoxy) is 1. The topological polar surface area (TPSA) is 61.2 Å². The molecule has 0 atom stereocenters. The molecular formula is C19H16N2O3S. The number of hydrogen-bond donors (Lipinski definition) is 0. The molecule has 0 N–H and O–H groups in total. The molecule has 0 fully saturated rings. The Hall–Kier alpha value is -2.60. The lowest BCUT2D eigenvalue weighted by Gasteiger charge is -2.08. The summed E-state index contributed by atoms with van der Waals surface area (Å²) in [5.74, 6) is 1.11. The van der Waals surface area contributed by atoms with E-state index in [0.29, 0.717) is 28.2 Å². The molecule has 1 aromatic heterocycles. The maximum absolute atomic E-state index is 12.5. The molecule has 0 bridgehead atoms. The summed E-state index contributed by atoms with van der Waals surface area (Å²) in [6.45, 7) is 0.671. The first-order chi connectivity index (χ1) is 12.1. The molecule has 0 radical (unpaired) electrons. The van der Waals surface area contributed by atoms with Gasteiger partial charge in [0, 0.05) is 19.0 Å². The number of nitrogens with zero attached hydrogens (tertiary/aromatic N) is 2. The molecule has 126 valence electrons. The summed E-state index contributed by atoms with van der Waals surface area (Å²) in [6, 6.07) is 12.8. The minimum atomic E-state index is -0.102. The van der Waals surface area contributed by atoms with Crippen molar-refractivity contribution in [3.63, 3.8) is 0 Å². The van der Waals surface area contributed by atoms with Gasteiger partial charge in [-0.25, -0.2) is 4.98 Å². The Morgan fingerprint density at radius 3 is 3.00 bits per heavy atom. The van der Waals surface area contributed by atoms with Crippen molar-refractivity contribution in [1.29, 1.82) is 0 Å². The molecule has 6 heteroatoms. The van der Waals surface area contributed by atoms with Crippen LogP contribution in [0.2, 0.25) is 0 Å². The van der Waals surface area contributed by atoms with Crippen molar-refractivity contribution in [3.8, 4) is 5.75 Å². The fourth-order valence-corrected chi connectivity index (χ4v) is 3.77. The van der Waals surface area contributed by atoms with E-state index in [2.05, 4.69) is 4.98 Å². The zero-order valence-electron chi connectivity index (χ0n) is 13.7. The molecule has 2 heterocycles. The molecule has 4 rings (SSSR count). The summed E-state index contributed by atoms with van der Waals surface area (Å²) in [6.07, 6.45) is 0.838. The number of para-hydroxylation sites is 1. The first-order valence-electron chi connectivity index (χ1n) is 8.01. The number of hydrogen-bond acceptors (Lipinski definition) is 5. The number of carbonyl (C=O) groups excluding carboxylic acids is 1. The second-order valence-corrected chi connectivity index (χ2v) is 6.85. The van der Waals surface area contributed by atoms with Gasteiger partial charge in [-0.3, -0.25) is 14.2 Å². The summed E-state index contributed by atoms with van der Waals surface area (Å²) in [5, 5.41) is 1.13. The monoisotopic (exact) mass is 352 g/mol. The fraction of sp³-hybridized carbons (Fsp3) is 0.211. The molecule has 0 amide bonds. The van der Waals surface area contributed by atoms with Crippen LogP contribution in [0, 0.1) is 0 Å². The smallest absolute Gasteiger partial charge is 0.261 e. The summed E-state index contributed by atoms with van der Waals surface area (Å²) < 4.78 is 6.96. The van der Waals surface area contributed by atoms with Gasteiger partial charge in [0.05, 0.1) is 23.3 Å². The van der Waals surface area contributed by atoms with Crippen LogP contribution < -0.4 is 10.3 Å². The van der Waals surface area contributed by atoms with Crippen LogP contribution in [0.5, 0.6) is 5.75 Å². The van der Waals surface area contributed by atoms with Gasteiger partial charge in [0.15, 0.2) is 10.9 Å². The average molecular weight is 352 g/mol.